The molecule has 2 aromatic carbocycles. The number of amides is 2. The van der Waals surface area contributed by atoms with Crippen LogP contribution in [0, 0.1) is 0 Å². The van der Waals surface area contributed by atoms with E-state index in [0.29, 0.717) is 21.5 Å². The molecule has 1 N–H and O–H groups in total. The zero-order valence-electron chi connectivity index (χ0n) is 18.7. The van der Waals surface area contributed by atoms with Crippen LogP contribution in [0.4, 0.5) is 0 Å². The topological polar surface area (TPSA) is 49.4 Å². The lowest BCUT2D eigenvalue weighted by molar-refractivity contribution is -0.139. The molecule has 0 spiro atoms. The minimum atomic E-state index is -0.556. The molecule has 0 aliphatic heterocycles. The number of halogens is 3. The molecule has 0 aromatic heterocycles. The Hall–Kier alpha value is -1.40. The van der Waals surface area contributed by atoms with Gasteiger partial charge in [0.25, 0.3) is 0 Å². The number of nitrogens with zero attached hydrogens (tertiary/aromatic N) is 1. The largest absolute Gasteiger partial charge is 0.352 e. The van der Waals surface area contributed by atoms with Gasteiger partial charge in [-0.1, -0.05) is 67.1 Å². The molecule has 178 valence electrons. The summed E-state index contributed by atoms with van der Waals surface area (Å²) < 4.78 is 0. The van der Waals surface area contributed by atoms with Crippen LogP contribution < -0.4 is 5.32 Å². The lowest BCUT2D eigenvalue weighted by atomic mass is 9.95. The Morgan fingerprint density at radius 1 is 1.03 bits per heavy atom. The Morgan fingerprint density at radius 2 is 1.73 bits per heavy atom. The van der Waals surface area contributed by atoms with Gasteiger partial charge in [-0.2, -0.15) is 0 Å². The van der Waals surface area contributed by atoms with Crippen LogP contribution >= 0.6 is 46.6 Å². The maximum absolute atomic E-state index is 13.4. The molecular weight excluding hydrogens is 499 g/mol. The molecule has 33 heavy (non-hydrogen) atoms. The minimum absolute atomic E-state index is 0.0886. The maximum Gasteiger partial charge on any atom is 0.243 e. The number of hydrogen-bond donors (Lipinski definition) is 1. The van der Waals surface area contributed by atoms with E-state index in [1.165, 1.54) is 18.2 Å². The lowest BCUT2D eigenvalue weighted by Crippen LogP contribution is -2.52. The van der Waals surface area contributed by atoms with Gasteiger partial charge in [0.2, 0.25) is 11.8 Å². The summed E-state index contributed by atoms with van der Waals surface area (Å²) in [5.41, 5.74) is 0.832. The molecule has 1 fully saturated rings. The van der Waals surface area contributed by atoms with Gasteiger partial charge in [0.05, 0.1) is 15.8 Å². The van der Waals surface area contributed by atoms with Crippen LogP contribution in [-0.4, -0.2) is 34.6 Å². The molecule has 3 rings (SSSR count). The second kappa shape index (κ2) is 12.9. The van der Waals surface area contributed by atoms with Crippen LogP contribution in [0.2, 0.25) is 15.1 Å². The average molecular weight is 528 g/mol. The number of nitrogens with one attached hydrogen (secondary N) is 1. The molecule has 1 saturated carbocycles. The van der Waals surface area contributed by atoms with E-state index in [-0.39, 0.29) is 30.2 Å². The molecule has 1 atom stereocenters. The van der Waals surface area contributed by atoms with Gasteiger partial charge < -0.3 is 10.2 Å². The van der Waals surface area contributed by atoms with E-state index in [0.717, 1.165) is 36.1 Å². The normalized spacial score (nSPS) is 15.2. The van der Waals surface area contributed by atoms with E-state index >= 15 is 0 Å². The highest BCUT2D eigenvalue weighted by atomic mass is 35.5. The summed E-state index contributed by atoms with van der Waals surface area (Å²) in [7, 11) is 0. The highest BCUT2D eigenvalue weighted by Gasteiger charge is 2.30. The van der Waals surface area contributed by atoms with E-state index in [1.54, 1.807) is 29.2 Å². The van der Waals surface area contributed by atoms with Crippen molar-refractivity contribution in [2.75, 3.05) is 5.75 Å². The first-order valence-electron chi connectivity index (χ1n) is 11.3. The fraction of sp³-hybridized carbons (Fsp3) is 0.440. The molecule has 1 aliphatic rings. The summed E-state index contributed by atoms with van der Waals surface area (Å²) in [6.07, 6.45) is 5.99. The minimum Gasteiger partial charge on any atom is -0.352 e. The first-order valence-corrected chi connectivity index (χ1v) is 13.4. The van der Waals surface area contributed by atoms with Crippen LogP contribution in [0.3, 0.4) is 0 Å². The van der Waals surface area contributed by atoms with Gasteiger partial charge in [0, 0.05) is 22.5 Å². The number of carbonyl (C=O) groups is 2. The molecule has 0 heterocycles. The zero-order valence-corrected chi connectivity index (χ0v) is 21.7. The van der Waals surface area contributed by atoms with Crippen LogP contribution in [0.15, 0.2) is 47.4 Å². The third-order valence-corrected chi connectivity index (χ3v) is 7.84. The Labute approximate surface area is 215 Å². The summed E-state index contributed by atoms with van der Waals surface area (Å²) in [6.45, 7) is 2.22. The van der Waals surface area contributed by atoms with Gasteiger partial charge in [-0.25, -0.2) is 0 Å². The van der Waals surface area contributed by atoms with Crippen LogP contribution in [0.5, 0.6) is 0 Å². The number of thioether (sulfide) groups is 1. The molecule has 0 unspecified atom stereocenters. The van der Waals surface area contributed by atoms with Gasteiger partial charge in [-0.15, -0.1) is 11.8 Å². The fourth-order valence-corrected chi connectivity index (χ4v) is 5.29. The van der Waals surface area contributed by atoms with Crippen molar-refractivity contribution in [2.45, 2.75) is 69.0 Å². The van der Waals surface area contributed by atoms with Crippen molar-refractivity contribution in [3.8, 4) is 0 Å². The van der Waals surface area contributed by atoms with Gasteiger partial charge in [-0.3, -0.25) is 9.59 Å². The van der Waals surface area contributed by atoms with Gasteiger partial charge >= 0.3 is 0 Å². The average Bonchev–Trinajstić information content (AvgIpc) is 2.81. The summed E-state index contributed by atoms with van der Waals surface area (Å²) >= 11 is 19.7. The monoisotopic (exact) mass is 526 g/mol. The summed E-state index contributed by atoms with van der Waals surface area (Å²) in [5.74, 6) is 0.0249. The smallest absolute Gasteiger partial charge is 0.243 e. The summed E-state index contributed by atoms with van der Waals surface area (Å²) in [4.78, 5) is 29.2. The second-order valence-electron chi connectivity index (χ2n) is 8.28. The van der Waals surface area contributed by atoms with Crippen molar-refractivity contribution in [2.24, 2.45) is 0 Å². The summed E-state index contributed by atoms with van der Waals surface area (Å²) in [5, 5.41) is 4.73. The number of benzene rings is 2. The van der Waals surface area contributed by atoms with Crippen LogP contribution in [0.25, 0.3) is 0 Å². The maximum atomic E-state index is 13.4. The number of hydrogen-bond acceptors (Lipinski definition) is 3. The highest BCUT2D eigenvalue weighted by Crippen LogP contribution is 2.26. The zero-order chi connectivity index (χ0) is 23.8. The van der Waals surface area contributed by atoms with Crippen LogP contribution in [0.1, 0.15) is 51.0 Å². The molecule has 0 radical (unpaired) electrons. The van der Waals surface area contributed by atoms with Gasteiger partial charge in [0.1, 0.15) is 6.04 Å². The Balaban J connectivity index is 1.77. The Morgan fingerprint density at radius 3 is 2.36 bits per heavy atom. The van der Waals surface area contributed by atoms with E-state index in [1.807, 2.05) is 25.1 Å². The van der Waals surface area contributed by atoms with E-state index in [4.69, 9.17) is 34.8 Å². The van der Waals surface area contributed by atoms with Crippen molar-refractivity contribution in [3.63, 3.8) is 0 Å². The fourth-order valence-electron chi connectivity index (χ4n) is 4.06. The molecule has 2 amide bonds. The predicted molar refractivity (Wildman–Crippen MR) is 138 cm³/mol. The molecule has 8 heteroatoms. The van der Waals surface area contributed by atoms with Crippen molar-refractivity contribution in [1.82, 2.24) is 10.2 Å². The molecule has 1 aliphatic carbocycles. The Bertz CT molecular complexity index is 949. The number of rotatable bonds is 9. The molecule has 2 aromatic rings. The molecular formula is C25H29Cl3N2O2S. The van der Waals surface area contributed by atoms with Crippen molar-refractivity contribution in [1.29, 1.82) is 0 Å². The van der Waals surface area contributed by atoms with Crippen molar-refractivity contribution < 1.29 is 9.59 Å². The van der Waals surface area contributed by atoms with Crippen LogP contribution in [-0.2, 0) is 16.1 Å². The predicted octanol–water partition coefficient (Wildman–Crippen LogP) is 7.00. The molecule has 4 nitrogen and oxygen atoms in total. The van der Waals surface area contributed by atoms with Gasteiger partial charge in [-0.05, 0) is 61.2 Å². The first-order chi connectivity index (χ1) is 15.9. The Kier molecular flexibility index (Phi) is 10.2. The first kappa shape index (κ1) is 26.2. The molecule has 0 bridgehead atoms. The molecule has 0 saturated heterocycles. The van der Waals surface area contributed by atoms with Crippen molar-refractivity contribution in [3.05, 3.63) is 63.1 Å². The third-order valence-electron chi connectivity index (χ3n) is 5.85. The lowest BCUT2D eigenvalue weighted by Gasteiger charge is -2.32. The highest BCUT2D eigenvalue weighted by molar-refractivity contribution is 8.00. The van der Waals surface area contributed by atoms with Crippen molar-refractivity contribution >= 4 is 58.4 Å². The quantitative estimate of drug-likeness (QED) is 0.357. The summed E-state index contributed by atoms with van der Waals surface area (Å²) in [6, 6.07) is 12.3. The second-order valence-corrected chi connectivity index (χ2v) is 10.6. The number of carbonyl (C=O) groups excluding carboxylic acids is 2. The van der Waals surface area contributed by atoms with E-state index < -0.39 is 6.04 Å². The third kappa shape index (κ3) is 7.81. The SMILES string of the molecule is CC[C@H](C(=O)NC1CCCCC1)N(Cc1ccc(Cl)c(Cl)c1)C(=O)CSc1ccc(Cl)cc1. The van der Waals surface area contributed by atoms with E-state index in [9.17, 15) is 9.59 Å². The van der Waals surface area contributed by atoms with E-state index in [2.05, 4.69) is 5.32 Å². The van der Waals surface area contributed by atoms with Gasteiger partial charge in [0.15, 0.2) is 0 Å². The standard InChI is InChI=1S/C25H29Cl3N2O2S/c1-2-23(25(32)29-19-6-4-3-5-7-19)30(15-17-8-13-21(27)22(28)14-17)24(31)16-33-20-11-9-18(26)10-12-20/h8-14,19,23H,2-7,15-16H2,1H3,(H,29,32)/t23-/m1/s1.